The Morgan fingerprint density at radius 3 is 2.42 bits per heavy atom. The van der Waals surface area contributed by atoms with Crippen LogP contribution >= 0.6 is 0 Å². The van der Waals surface area contributed by atoms with Gasteiger partial charge in [0.1, 0.15) is 12.2 Å². The molecule has 6 nitrogen and oxygen atoms in total. The van der Waals surface area contributed by atoms with E-state index in [1.165, 1.54) is 6.07 Å². The fraction of sp³-hybridized carbons (Fsp3) is 0.235. The number of nitrogens with one attached hydrogen (secondary N) is 1. The summed E-state index contributed by atoms with van der Waals surface area (Å²) in [7, 11) is 0. The van der Waals surface area contributed by atoms with Crippen LogP contribution in [0.3, 0.4) is 0 Å². The van der Waals surface area contributed by atoms with Gasteiger partial charge < -0.3 is 24.1 Å². The fourth-order valence-electron chi connectivity index (χ4n) is 5.73. The third-order valence-electron chi connectivity index (χ3n) is 8.01. The van der Waals surface area contributed by atoms with E-state index in [4.69, 9.17) is 14.2 Å². The molecule has 9 heteroatoms. The number of aromatic amines is 1. The molecule has 0 atom stereocenters. The van der Waals surface area contributed by atoms with Crippen molar-refractivity contribution in [2.75, 3.05) is 44.3 Å². The van der Waals surface area contributed by atoms with E-state index in [0.29, 0.717) is 37.7 Å². The standard InChI is InChI=1S/C34H30F3N3O3/c35-34(36,37)27-8-10-29-33(32(27)42-22-23-4-2-1-3-5-23)43-31-11-7-25(24-6-9-28-26(20-24)12-13-38-28)21-30(31)40(29)15-14-39-16-18-41-19-17-39/h1-13,20-21,38H,14-19,22H2. The molecule has 2 aliphatic rings. The first kappa shape index (κ1) is 27.4. The number of nitrogens with zero attached hydrogens (tertiary/aromatic N) is 2. The molecule has 3 heterocycles. The van der Waals surface area contributed by atoms with Gasteiger partial charge >= 0.3 is 6.18 Å². The molecule has 0 saturated carbocycles. The van der Waals surface area contributed by atoms with Crippen LogP contribution in [0, 0.1) is 0 Å². The molecule has 0 bridgehead atoms. The van der Waals surface area contributed by atoms with Crippen molar-refractivity contribution in [2.45, 2.75) is 12.8 Å². The Morgan fingerprint density at radius 2 is 1.60 bits per heavy atom. The highest BCUT2D eigenvalue weighted by atomic mass is 19.4. The number of anilines is 2. The number of aromatic nitrogens is 1. The first-order valence-electron chi connectivity index (χ1n) is 14.3. The van der Waals surface area contributed by atoms with E-state index in [1.54, 1.807) is 0 Å². The Morgan fingerprint density at radius 1 is 0.814 bits per heavy atom. The van der Waals surface area contributed by atoms with E-state index in [0.717, 1.165) is 52.4 Å². The zero-order valence-electron chi connectivity index (χ0n) is 23.4. The number of halogens is 3. The number of fused-ring (bicyclic) bond motifs is 3. The summed E-state index contributed by atoms with van der Waals surface area (Å²) in [6, 6.07) is 25.8. The van der Waals surface area contributed by atoms with Crippen molar-refractivity contribution >= 4 is 22.3 Å². The summed E-state index contributed by atoms with van der Waals surface area (Å²) >= 11 is 0. The maximum absolute atomic E-state index is 14.3. The van der Waals surface area contributed by atoms with E-state index in [1.807, 2.05) is 66.9 Å². The fourth-order valence-corrected chi connectivity index (χ4v) is 5.73. The highest BCUT2D eigenvalue weighted by Gasteiger charge is 2.39. The monoisotopic (exact) mass is 585 g/mol. The maximum atomic E-state index is 14.3. The van der Waals surface area contributed by atoms with Crippen molar-refractivity contribution in [1.82, 2.24) is 9.88 Å². The first-order valence-corrected chi connectivity index (χ1v) is 14.3. The normalized spacial score (nSPS) is 15.2. The van der Waals surface area contributed by atoms with Gasteiger partial charge in [-0.2, -0.15) is 13.2 Å². The number of ether oxygens (including phenoxy) is 3. The van der Waals surface area contributed by atoms with Gasteiger partial charge in [-0.1, -0.05) is 42.5 Å². The molecule has 2 aliphatic heterocycles. The summed E-state index contributed by atoms with van der Waals surface area (Å²) in [5, 5.41) is 1.10. The van der Waals surface area contributed by atoms with Gasteiger partial charge in [0.15, 0.2) is 17.2 Å². The number of hydrogen-bond donors (Lipinski definition) is 1. The Labute approximate surface area is 247 Å². The van der Waals surface area contributed by atoms with Crippen LogP contribution < -0.4 is 14.4 Å². The summed E-state index contributed by atoms with van der Waals surface area (Å²) in [6.07, 6.45) is -2.71. The molecule has 0 spiro atoms. The van der Waals surface area contributed by atoms with Crippen molar-refractivity contribution in [3.8, 4) is 28.4 Å². The van der Waals surface area contributed by atoms with Gasteiger partial charge in [-0.3, -0.25) is 4.90 Å². The number of hydrogen-bond acceptors (Lipinski definition) is 5. The Hall–Kier alpha value is -4.47. The molecule has 4 aromatic carbocycles. The quantitative estimate of drug-likeness (QED) is 0.210. The molecule has 1 fully saturated rings. The average molecular weight is 586 g/mol. The van der Waals surface area contributed by atoms with Gasteiger partial charge in [0.05, 0.1) is 24.6 Å². The lowest BCUT2D eigenvalue weighted by molar-refractivity contribution is -0.139. The van der Waals surface area contributed by atoms with Gasteiger partial charge in [-0.15, -0.1) is 0 Å². The van der Waals surface area contributed by atoms with Crippen LogP contribution in [0.15, 0.2) is 91.1 Å². The van der Waals surface area contributed by atoms with Gasteiger partial charge in [0.25, 0.3) is 0 Å². The van der Waals surface area contributed by atoms with Crippen LogP contribution in [0.2, 0.25) is 0 Å². The van der Waals surface area contributed by atoms with Gasteiger partial charge in [-0.25, -0.2) is 0 Å². The highest BCUT2D eigenvalue weighted by molar-refractivity contribution is 5.88. The summed E-state index contributed by atoms with van der Waals surface area (Å²) < 4.78 is 60.6. The second kappa shape index (κ2) is 11.3. The predicted octanol–water partition coefficient (Wildman–Crippen LogP) is 8.01. The molecular formula is C34H30F3N3O3. The summed E-state index contributed by atoms with van der Waals surface area (Å²) in [5.74, 6) is 0.240. The van der Waals surface area contributed by atoms with Crippen molar-refractivity contribution < 1.29 is 27.4 Å². The van der Waals surface area contributed by atoms with Gasteiger partial charge in [-0.05, 0) is 64.5 Å². The van der Waals surface area contributed by atoms with E-state index in [-0.39, 0.29) is 18.1 Å². The van der Waals surface area contributed by atoms with Crippen LogP contribution in [-0.2, 0) is 17.5 Å². The number of alkyl halides is 3. The number of H-pyrrole nitrogens is 1. The lowest BCUT2D eigenvalue weighted by atomic mass is 10.0. The minimum absolute atomic E-state index is 0.0229. The van der Waals surface area contributed by atoms with Crippen molar-refractivity contribution in [3.63, 3.8) is 0 Å². The average Bonchev–Trinajstić information content (AvgIpc) is 3.50. The molecule has 5 aromatic rings. The molecule has 0 radical (unpaired) electrons. The Balaban J connectivity index is 1.30. The minimum atomic E-state index is -4.62. The molecule has 0 aliphatic carbocycles. The highest BCUT2D eigenvalue weighted by Crippen LogP contribution is 2.55. The van der Waals surface area contributed by atoms with Crippen LogP contribution in [-0.4, -0.2) is 49.3 Å². The number of benzene rings is 4. The smallest absolute Gasteiger partial charge is 0.420 e. The van der Waals surface area contributed by atoms with E-state index in [9.17, 15) is 13.2 Å². The van der Waals surface area contributed by atoms with E-state index >= 15 is 0 Å². The van der Waals surface area contributed by atoms with Crippen molar-refractivity contribution in [1.29, 1.82) is 0 Å². The molecule has 0 amide bonds. The zero-order chi connectivity index (χ0) is 29.4. The van der Waals surface area contributed by atoms with Crippen LogP contribution in [0.1, 0.15) is 11.1 Å². The zero-order valence-corrected chi connectivity index (χ0v) is 23.4. The summed E-state index contributed by atoms with van der Waals surface area (Å²) in [4.78, 5) is 7.58. The molecule has 220 valence electrons. The third-order valence-corrected chi connectivity index (χ3v) is 8.01. The van der Waals surface area contributed by atoms with E-state index in [2.05, 4.69) is 26.9 Å². The predicted molar refractivity (Wildman–Crippen MR) is 160 cm³/mol. The molecule has 1 saturated heterocycles. The number of rotatable bonds is 7. The van der Waals surface area contributed by atoms with Crippen LogP contribution in [0.25, 0.3) is 22.0 Å². The summed E-state index contributed by atoms with van der Waals surface area (Å²) in [6.45, 7) is 4.17. The van der Waals surface area contributed by atoms with Crippen LogP contribution in [0.4, 0.5) is 24.5 Å². The van der Waals surface area contributed by atoms with E-state index < -0.39 is 11.7 Å². The van der Waals surface area contributed by atoms with Crippen LogP contribution in [0.5, 0.6) is 17.2 Å². The Bertz CT molecular complexity index is 1750. The molecule has 0 unspecified atom stereocenters. The molecule has 7 rings (SSSR count). The van der Waals surface area contributed by atoms with Gasteiger partial charge in [0, 0.05) is 37.9 Å². The second-order valence-corrected chi connectivity index (χ2v) is 10.7. The number of morpholine rings is 1. The molecule has 1 N–H and O–H groups in total. The SMILES string of the molecule is FC(F)(F)c1ccc2c(c1OCc1ccccc1)Oc1ccc(-c3ccc4[nH]ccc4c3)cc1N2CCN1CCOCC1. The minimum Gasteiger partial charge on any atom is -0.484 e. The molecule has 1 aromatic heterocycles. The lowest BCUT2D eigenvalue weighted by Gasteiger charge is -2.36. The molecular weight excluding hydrogens is 555 g/mol. The Kier molecular flexibility index (Phi) is 7.20. The lowest BCUT2D eigenvalue weighted by Crippen LogP contribution is -2.41. The second-order valence-electron chi connectivity index (χ2n) is 10.7. The largest absolute Gasteiger partial charge is 0.484 e. The van der Waals surface area contributed by atoms with Gasteiger partial charge in [0.2, 0.25) is 0 Å². The third kappa shape index (κ3) is 5.53. The summed E-state index contributed by atoms with van der Waals surface area (Å²) in [5.41, 5.74) is 4.30. The topological polar surface area (TPSA) is 50.0 Å². The van der Waals surface area contributed by atoms with Crippen molar-refractivity contribution in [2.24, 2.45) is 0 Å². The van der Waals surface area contributed by atoms with Crippen molar-refractivity contribution in [3.05, 3.63) is 102 Å². The molecule has 43 heavy (non-hydrogen) atoms. The first-order chi connectivity index (χ1) is 20.9. The maximum Gasteiger partial charge on any atom is 0.420 e.